The van der Waals surface area contributed by atoms with E-state index < -0.39 is 0 Å². The van der Waals surface area contributed by atoms with Crippen LogP contribution < -0.4 is 4.74 Å². The zero-order valence-electron chi connectivity index (χ0n) is 11.8. The van der Waals surface area contributed by atoms with E-state index in [1.807, 2.05) is 39.0 Å². The van der Waals surface area contributed by atoms with Gasteiger partial charge in [-0.2, -0.15) is 0 Å². The Morgan fingerprint density at radius 1 is 1.47 bits per heavy atom. The van der Waals surface area contributed by atoms with Gasteiger partial charge in [0.1, 0.15) is 5.75 Å². The molecule has 1 unspecified atom stereocenters. The molecule has 1 saturated heterocycles. The molecule has 0 saturated carbocycles. The Kier molecular flexibility index (Phi) is 4.43. The molecular weight excluding hydrogens is 242 g/mol. The van der Waals surface area contributed by atoms with Gasteiger partial charge in [0, 0.05) is 13.1 Å². The zero-order valence-corrected chi connectivity index (χ0v) is 11.8. The van der Waals surface area contributed by atoms with E-state index in [2.05, 4.69) is 0 Å². The lowest BCUT2D eigenvalue weighted by Gasteiger charge is -2.31. The van der Waals surface area contributed by atoms with Crippen LogP contribution in [0.2, 0.25) is 0 Å². The van der Waals surface area contributed by atoms with E-state index in [4.69, 9.17) is 9.47 Å². The summed E-state index contributed by atoms with van der Waals surface area (Å²) in [5, 5.41) is 0. The van der Waals surface area contributed by atoms with Crippen molar-refractivity contribution in [2.45, 2.75) is 26.9 Å². The van der Waals surface area contributed by atoms with Gasteiger partial charge in [-0.25, -0.2) is 0 Å². The Hall–Kier alpha value is -1.55. The molecule has 0 bridgehead atoms. The molecule has 0 aliphatic carbocycles. The lowest BCUT2D eigenvalue weighted by molar-refractivity contribution is -0.140. The molecular formula is C15H21NO3. The smallest absolute Gasteiger partial charge is 0.260 e. The maximum absolute atomic E-state index is 12.1. The summed E-state index contributed by atoms with van der Waals surface area (Å²) < 4.78 is 11.1. The second-order valence-electron chi connectivity index (χ2n) is 5.08. The molecule has 1 aliphatic heterocycles. The van der Waals surface area contributed by atoms with Crippen LogP contribution in [-0.4, -0.2) is 43.2 Å². The number of amides is 1. The monoisotopic (exact) mass is 263 g/mol. The number of carbonyl (C=O) groups excluding carboxylic acids is 1. The summed E-state index contributed by atoms with van der Waals surface area (Å²) in [4.78, 5) is 13.9. The lowest BCUT2D eigenvalue weighted by Crippen LogP contribution is -2.46. The van der Waals surface area contributed by atoms with Crippen molar-refractivity contribution in [1.82, 2.24) is 4.90 Å². The van der Waals surface area contributed by atoms with Crippen molar-refractivity contribution in [2.24, 2.45) is 0 Å². The summed E-state index contributed by atoms with van der Waals surface area (Å²) in [5.41, 5.74) is 2.18. The molecule has 4 nitrogen and oxygen atoms in total. The molecule has 0 spiro atoms. The first-order chi connectivity index (χ1) is 9.06. The first kappa shape index (κ1) is 13.9. The molecule has 4 heteroatoms. The molecule has 0 N–H and O–H groups in total. The summed E-state index contributed by atoms with van der Waals surface area (Å²) in [5.74, 6) is 0.811. The largest absolute Gasteiger partial charge is 0.483 e. The normalized spacial score (nSPS) is 19.3. The average Bonchev–Trinajstić information content (AvgIpc) is 2.39. The molecule has 1 aromatic rings. The minimum Gasteiger partial charge on any atom is -0.483 e. The van der Waals surface area contributed by atoms with Gasteiger partial charge >= 0.3 is 0 Å². The van der Waals surface area contributed by atoms with Gasteiger partial charge in [-0.3, -0.25) is 4.79 Å². The standard InChI is InChI=1S/C15H21NO3/c1-11-4-5-12(2)14(8-11)19-10-15(17)16-6-7-18-13(3)9-16/h4-5,8,13H,6-7,9-10H2,1-3H3. The van der Waals surface area contributed by atoms with Gasteiger partial charge in [0.15, 0.2) is 6.61 Å². The van der Waals surface area contributed by atoms with Gasteiger partial charge in [0.2, 0.25) is 0 Å². The third-order valence-electron chi connectivity index (χ3n) is 3.29. The highest BCUT2D eigenvalue weighted by atomic mass is 16.5. The lowest BCUT2D eigenvalue weighted by atomic mass is 10.1. The molecule has 19 heavy (non-hydrogen) atoms. The topological polar surface area (TPSA) is 38.8 Å². The fourth-order valence-electron chi connectivity index (χ4n) is 2.14. The van der Waals surface area contributed by atoms with Crippen molar-refractivity contribution >= 4 is 5.91 Å². The highest BCUT2D eigenvalue weighted by Gasteiger charge is 2.21. The molecule has 1 amide bonds. The van der Waals surface area contributed by atoms with Crippen molar-refractivity contribution in [3.63, 3.8) is 0 Å². The minimum atomic E-state index is 0.0241. The number of rotatable bonds is 3. The minimum absolute atomic E-state index is 0.0241. The number of morpholine rings is 1. The molecule has 1 atom stereocenters. The molecule has 1 aliphatic rings. The second-order valence-corrected chi connectivity index (χ2v) is 5.08. The van der Waals surface area contributed by atoms with Gasteiger partial charge in [0.25, 0.3) is 5.91 Å². The number of hydrogen-bond donors (Lipinski definition) is 0. The number of carbonyl (C=O) groups is 1. The summed E-state index contributed by atoms with van der Waals surface area (Å²) in [6.07, 6.45) is 0.110. The highest BCUT2D eigenvalue weighted by Crippen LogP contribution is 2.19. The molecule has 0 radical (unpaired) electrons. The van der Waals surface area contributed by atoms with Gasteiger partial charge in [-0.15, -0.1) is 0 Å². The Morgan fingerprint density at radius 2 is 2.26 bits per heavy atom. The fraction of sp³-hybridized carbons (Fsp3) is 0.533. The van der Waals surface area contributed by atoms with Crippen LogP contribution in [0.3, 0.4) is 0 Å². The van der Waals surface area contributed by atoms with E-state index in [0.717, 1.165) is 16.9 Å². The molecule has 1 heterocycles. The van der Waals surface area contributed by atoms with Crippen molar-refractivity contribution < 1.29 is 14.3 Å². The summed E-state index contributed by atoms with van der Waals surface area (Å²) in [6.45, 7) is 7.97. The summed E-state index contributed by atoms with van der Waals surface area (Å²) in [6, 6.07) is 6.00. The van der Waals surface area contributed by atoms with Crippen molar-refractivity contribution in [1.29, 1.82) is 0 Å². The Morgan fingerprint density at radius 3 is 3.00 bits per heavy atom. The molecule has 0 aromatic heterocycles. The van der Waals surface area contributed by atoms with Crippen LogP contribution in [0.5, 0.6) is 5.75 Å². The van der Waals surface area contributed by atoms with E-state index in [0.29, 0.717) is 19.7 Å². The Balaban J connectivity index is 1.91. The molecule has 104 valence electrons. The number of aryl methyl sites for hydroxylation is 2. The number of nitrogens with zero attached hydrogens (tertiary/aromatic N) is 1. The van der Waals surface area contributed by atoms with Gasteiger partial charge < -0.3 is 14.4 Å². The van der Waals surface area contributed by atoms with Crippen LogP contribution in [0.4, 0.5) is 0 Å². The van der Waals surface area contributed by atoms with E-state index in [1.54, 1.807) is 4.90 Å². The molecule has 1 fully saturated rings. The van der Waals surface area contributed by atoms with Crippen LogP contribution in [0.25, 0.3) is 0 Å². The maximum Gasteiger partial charge on any atom is 0.260 e. The van der Waals surface area contributed by atoms with Crippen molar-refractivity contribution in [3.8, 4) is 5.75 Å². The van der Waals surface area contributed by atoms with Gasteiger partial charge in [-0.1, -0.05) is 12.1 Å². The van der Waals surface area contributed by atoms with Crippen molar-refractivity contribution in [3.05, 3.63) is 29.3 Å². The SMILES string of the molecule is Cc1ccc(C)c(OCC(=O)N2CCOC(C)C2)c1. The van der Waals surface area contributed by atoms with E-state index in [9.17, 15) is 4.79 Å². The highest BCUT2D eigenvalue weighted by molar-refractivity contribution is 5.78. The van der Waals surface area contributed by atoms with E-state index >= 15 is 0 Å². The second kappa shape index (κ2) is 6.06. The Labute approximate surface area is 114 Å². The number of hydrogen-bond acceptors (Lipinski definition) is 3. The third kappa shape index (κ3) is 3.70. The van der Waals surface area contributed by atoms with Crippen molar-refractivity contribution in [2.75, 3.05) is 26.3 Å². The van der Waals surface area contributed by atoms with Gasteiger partial charge in [0.05, 0.1) is 12.7 Å². The quantitative estimate of drug-likeness (QED) is 0.836. The van der Waals surface area contributed by atoms with Crippen LogP contribution >= 0.6 is 0 Å². The predicted molar refractivity (Wildman–Crippen MR) is 73.4 cm³/mol. The first-order valence-corrected chi connectivity index (χ1v) is 6.65. The third-order valence-corrected chi connectivity index (χ3v) is 3.29. The fourth-order valence-corrected chi connectivity index (χ4v) is 2.14. The van der Waals surface area contributed by atoms with E-state index in [-0.39, 0.29) is 18.6 Å². The summed E-state index contributed by atoms with van der Waals surface area (Å²) in [7, 11) is 0. The molecule has 2 rings (SSSR count). The zero-order chi connectivity index (χ0) is 13.8. The molecule has 1 aromatic carbocycles. The number of ether oxygens (including phenoxy) is 2. The van der Waals surface area contributed by atoms with E-state index in [1.165, 1.54) is 0 Å². The van der Waals surface area contributed by atoms with Crippen LogP contribution in [0.15, 0.2) is 18.2 Å². The number of benzene rings is 1. The van der Waals surface area contributed by atoms with Crippen LogP contribution in [-0.2, 0) is 9.53 Å². The summed E-state index contributed by atoms with van der Waals surface area (Å²) >= 11 is 0. The predicted octanol–water partition coefficient (Wildman–Crippen LogP) is 1.93. The van der Waals surface area contributed by atoms with Gasteiger partial charge in [-0.05, 0) is 38.0 Å². The van der Waals surface area contributed by atoms with Crippen LogP contribution in [0.1, 0.15) is 18.1 Å². The average molecular weight is 263 g/mol. The Bertz CT molecular complexity index is 459. The first-order valence-electron chi connectivity index (χ1n) is 6.65. The van der Waals surface area contributed by atoms with Crippen LogP contribution in [0, 0.1) is 13.8 Å². The maximum atomic E-state index is 12.1.